The Morgan fingerprint density at radius 2 is 1.03 bits per heavy atom. The standard InChI is InChI=1S/C25H32N4O6/c1-16(2)26-24(32)28-20-12-7-5-10-18(20)22(30)34-14-9-15-35-23(31)19-11-6-8-13-21(19)29-25(33)27-17(3)4/h5-8,10-13,16-17H,9,14-15H2,1-4H3,(H2,26,28,32)(H2,27,29,33). The van der Waals surface area contributed by atoms with Gasteiger partial charge in [0.15, 0.2) is 0 Å². The highest BCUT2D eigenvalue weighted by molar-refractivity contribution is 6.01. The molecule has 0 radical (unpaired) electrons. The van der Waals surface area contributed by atoms with Crippen LogP contribution in [0.1, 0.15) is 54.8 Å². The number of carbonyl (C=O) groups is 4. The smallest absolute Gasteiger partial charge is 0.340 e. The Kier molecular flexibility index (Phi) is 10.5. The van der Waals surface area contributed by atoms with Crippen LogP contribution >= 0.6 is 0 Å². The fourth-order valence-electron chi connectivity index (χ4n) is 2.93. The Morgan fingerprint density at radius 1 is 0.657 bits per heavy atom. The number of amides is 4. The minimum absolute atomic E-state index is 0.00926. The molecule has 0 bridgehead atoms. The first-order valence-corrected chi connectivity index (χ1v) is 11.3. The molecular weight excluding hydrogens is 452 g/mol. The molecule has 0 atom stereocenters. The van der Waals surface area contributed by atoms with Gasteiger partial charge in [-0.05, 0) is 52.0 Å². The fourth-order valence-corrected chi connectivity index (χ4v) is 2.93. The summed E-state index contributed by atoms with van der Waals surface area (Å²) < 4.78 is 10.5. The second-order valence-corrected chi connectivity index (χ2v) is 8.22. The molecule has 2 aromatic carbocycles. The van der Waals surface area contributed by atoms with E-state index in [-0.39, 0.29) is 42.8 Å². The quantitative estimate of drug-likeness (QED) is 0.296. The van der Waals surface area contributed by atoms with E-state index in [0.29, 0.717) is 11.4 Å². The van der Waals surface area contributed by atoms with E-state index in [1.807, 2.05) is 27.7 Å². The lowest BCUT2D eigenvalue weighted by Crippen LogP contribution is -2.34. The Balaban J connectivity index is 1.83. The van der Waals surface area contributed by atoms with Gasteiger partial charge in [0.2, 0.25) is 0 Å². The van der Waals surface area contributed by atoms with Crippen LogP contribution in [0.15, 0.2) is 48.5 Å². The molecule has 188 valence electrons. The number of hydrogen-bond donors (Lipinski definition) is 4. The zero-order valence-corrected chi connectivity index (χ0v) is 20.3. The zero-order valence-electron chi connectivity index (χ0n) is 20.3. The molecule has 0 fully saturated rings. The predicted octanol–water partition coefficient (Wildman–Crippen LogP) is 4.15. The lowest BCUT2D eigenvalue weighted by atomic mass is 10.2. The molecule has 35 heavy (non-hydrogen) atoms. The van der Waals surface area contributed by atoms with Gasteiger partial charge in [0.1, 0.15) is 0 Å². The highest BCUT2D eigenvalue weighted by Crippen LogP contribution is 2.18. The second kappa shape index (κ2) is 13.6. The van der Waals surface area contributed by atoms with Gasteiger partial charge in [0.05, 0.1) is 35.7 Å². The SMILES string of the molecule is CC(C)NC(=O)Nc1ccccc1C(=O)OCCCOC(=O)c1ccccc1NC(=O)NC(C)C. The topological polar surface area (TPSA) is 135 Å². The summed E-state index contributed by atoms with van der Waals surface area (Å²) in [6, 6.07) is 12.0. The van der Waals surface area contributed by atoms with Gasteiger partial charge < -0.3 is 30.7 Å². The average molecular weight is 485 g/mol. The van der Waals surface area contributed by atoms with Crippen LogP contribution < -0.4 is 21.3 Å². The first-order chi connectivity index (χ1) is 16.7. The number of benzene rings is 2. The monoisotopic (exact) mass is 484 g/mol. The largest absolute Gasteiger partial charge is 0.462 e. The fraction of sp³-hybridized carbons (Fsp3) is 0.360. The lowest BCUT2D eigenvalue weighted by molar-refractivity contribution is 0.0397. The molecule has 4 amide bonds. The summed E-state index contributed by atoms with van der Waals surface area (Å²) in [5.74, 6) is -1.22. The van der Waals surface area contributed by atoms with Crippen molar-refractivity contribution in [2.75, 3.05) is 23.8 Å². The van der Waals surface area contributed by atoms with E-state index in [1.165, 1.54) is 0 Å². The van der Waals surface area contributed by atoms with Gasteiger partial charge in [-0.3, -0.25) is 0 Å². The number of rotatable bonds is 10. The summed E-state index contributed by atoms with van der Waals surface area (Å²) >= 11 is 0. The van der Waals surface area contributed by atoms with E-state index in [1.54, 1.807) is 48.5 Å². The number of esters is 2. The lowest BCUT2D eigenvalue weighted by Gasteiger charge is -2.14. The molecular formula is C25H32N4O6. The maximum atomic E-state index is 12.5. The third-order valence-corrected chi connectivity index (χ3v) is 4.38. The molecule has 10 heteroatoms. The molecule has 0 aliphatic heterocycles. The highest BCUT2D eigenvalue weighted by Gasteiger charge is 2.16. The Bertz CT molecular complexity index is 957. The highest BCUT2D eigenvalue weighted by atomic mass is 16.5. The van der Waals surface area contributed by atoms with Crippen LogP contribution in [0.5, 0.6) is 0 Å². The van der Waals surface area contributed by atoms with Gasteiger partial charge in [-0.1, -0.05) is 24.3 Å². The summed E-state index contributed by atoms with van der Waals surface area (Å²) in [6.07, 6.45) is 0.268. The van der Waals surface area contributed by atoms with Gasteiger partial charge >= 0.3 is 24.0 Å². The Labute approximate surface area is 204 Å². The maximum absolute atomic E-state index is 12.5. The van der Waals surface area contributed by atoms with Gasteiger partial charge in [-0.15, -0.1) is 0 Å². The van der Waals surface area contributed by atoms with Crippen molar-refractivity contribution in [3.05, 3.63) is 59.7 Å². The van der Waals surface area contributed by atoms with Crippen molar-refractivity contribution >= 4 is 35.4 Å². The summed E-state index contributed by atoms with van der Waals surface area (Å²) in [4.78, 5) is 48.8. The third-order valence-electron chi connectivity index (χ3n) is 4.38. The van der Waals surface area contributed by atoms with Crippen molar-refractivity contribution in [3.63, 3.8) is 0 Å². The van der Waals surface area contributed by atoms with E-state index in [0.717, 1.165) is 0 Å². The molecule has 10 nitrogen and oxygen atoms in total. The summed E-state index contributed by atoms with van der Waals surface area (Å²) in [5, 5.41) is 10.6. The summed E-state index contributed by atoms with van der Waals surface area (Å²) in [7, 11) is 0. The number of anilines is 2. The molecule has 0 aliphatic rings. The third kappa shape index (κ3) is 9.36. The van der Waals surface area contributed by atoms with Crippen molar-refractivity contribution in [1.29, 1.82) is 0 Å². The molecule has 2 aromatic rings. The van der Waals surface area contributed by atoms with E-state index in [2.05, 4.69) is 21.3 Å². The number of ether oxygens (including phenoxy) is 2. The predicted molar refractivity (Wildman–Crippen MR) is 133 cm³/mol. The number of carbonyl (C=O) groups excluding carboxylic acids is 4. The zero-order chi connectivity index (χ0) is 25.8. The number of para-hydroxylation sites is 2. The minimum Gasteiger partial charge on any atom is -0.462 e. The molecule has 0 aliphatic carbocycles. The van der Waals surface area contributed by atoms with Gasteiger partial charge in [-0.2, -0.15) is 0 Å². The van der Waals surface area contributed by atoms with Crippen molar-refractivity contribution in [3.8, 4) is 0 Å². The van der Waals surface area contributed by atoms with Crippen LogP contribution in [-0.4, -0.2) is 49.3 Å². The van der Waals surface area contributed by atoms with Crippen LogP contribution in [0.4, 0.5) is 21.0 Å². The van der Waals surface area contributed by atoms with Crippen molar-refractivity contribution in [2.24, 2.45) is 0 Å². The van der Waals surface area contributed by atoms with Crippen LogP contribution in [0.2, 0.25) is 0 Å². The molecule has 4 N–H and O–H groups in total. The molecule has 2 rings (SSSR count). The van der Waals surface area contributed by atoms with E-state index >= 15 is 0 Å². The first-order valence-electron chi connectivity index (χ1n) is 11.3. The summed E-state index contributed by atoms with van der Waals surface area (Å²) in [5.41, 5.74) is 1.08. The molecule has 0 saturated heterocycles. The van der Waals surface area contributed by atoms with Gasteiger partial charge in [0.25, 0.3) is 0 Å². The second-order valence-electron chi connectivity index (χ2n) is 8.22. The Hall–Kier alpha value is -4.08. The number of nitrogens with one attached hydrogen (secondary N) is 4. The molecule has 0 spiro atoms. The number of urea groups is 2. The van der Waals surface area contributed by atoms with E-state index in [9.17, 15) is 19.2 Å². The van der Waals surface area contributed by atoms with E-state index < -0.39 is 24.0 Å². The molecule has 0 saturated carbocycles. The van der Waals surface area contributed by atoms with E-state index in [4.69, 9.17) is 9.47 Å². The van der Waals surface area contributed by atoms with Crippen molar-refractivity contribution in [1.82, 2.24) is 10.6 Å². The average Bonchev–Trinajstić information content (AvgIpc) is 2.78. The van der Waals surface area contributed by atoms with Crippen LogP contribution in [0, 0.1) is 0 Å². The molecule has 0 aromatic heterocycles. The molecule has 0 heterocycles. The van der Waals surface area contributed by atoms with Crippen molar-refractivity contribution < 1.29 is 28.7 Å². The maximum Gasteiger partial charge on any atom is 0.340 e. The Morgan fingerprint density at radius 3 is 1.40 bits per heavy atom. The normalized spacial score (nSPS) is 10.5. The van der Waals surface area contributed by atoms with Crippen LogP contribution in [-0.2, 0) is 9.47 Å². The van der Waals surface area contributed by atoms with Gasteiger partial charge in [-0.25, -0.2) is 19.2 Å². The van der Waals surface area contributed by atoms with Gasteiger partial charge in [0, 0.05) is 18.5 Å². The first kappa shape index (κ1) is 27.2. The van der Waals surface area contributed by atoms with Crippen LogP contribution in [0.3, 0.4) is 0 Å². The minimum atomic E-state index is -0.609. The van der Waals surface area contributed by atoms with Crippen LogP contribution in [0.25, 0.3) is 0 Å². The summed E-state index contributed by atoms with van der Waals surface area (Å²) in [6.45, 7) is 7.32. The number of hydrogen-bond acceptors (Lipinski definition) is 6. The molecule has 0 unspecified atom stereocenters. The van der Waals surface area contributed by atoms with Crippen molar-refractivity contribution in [2.45, 2.75) is 46.2 Å².